The predicted octanol–water partition coefficient (Wildman–Crippen LogP) is 3.99. The fourth-order valence-electron chi connectivity index (χ4n) is 2.78. The van der Waals surface area contributed by atoms with Crippen molar-refractivity contribution >= 4 is 10.9 Å². The highest BCUT2D eigenvalue weighted by Crippen LogP contribution is 2.27. The molecule has 5 heteroatoms. The zero-order valence-electron chi connectivity index (χ0n) is 12.7. The minimum atomic E-state index is -0.311. The quantitative estimate of drug-likeness (QED) is 0.621. The van der Waals surface area contributed by atoms with Gasteiger partial charge in [0.1, 0.15) is 5.82 Å². The Bertz CT molecular complexity index is 1010. The standard InChI is InChI=1S/C19H14FN3O/c20-17-10-14(13-5-8-21-9-6-13)3-4-15(17)11-23-12-18-16(19(23)24)2-1-7-22-18/h1-10,12,24H,11H2. The second-order valence-corrected chi connectivity index (χ2v) is 5.56. The summed E-state index contributed by atoms with van der Waals surface area (Å²) in [7, 11) is 0. The van der Waals surface area contributed by atoms with Crippen LogP contribution in [0.3, 0.4) is 0 Å². The van der Waals surface area contributed by atoms with Crippen LogP contribution in [-0.4, -0.2) is 19.6 Å². The Morgan fingerprint density at radius 3 is 2.58 bits per heavy atom. The molecular weight excluding hydrogens is 305 g/mol. The van der Waals surface area contributed by atoms with Crippen LogP contribution in [0, 0.1) is 5.82 Å². The van der Waals surface area contributed by atoms with E-state index in [-0.39, 0.29) is 18.2 Å². The molecule has 0 fully saturated rings. The van der Waals surface area contributed by atoms with Crippen LogP contribution >= 0.6 is 0 Å². The molecule has 24 heavy (non-hydrogen) atoms. The van der Waals surface area contributed by atoms with Gasteiger partial charge in [-0.15, -0.1) is 0 Å². The van der Waals surface area contributed by atoms with E-state index in [1.165, 1.54) is 6.07 Å². The van der Waals surface area contributed by atoms with E-state index in [0.717, 1.165) is 11.1 Å². The topological polar surface area (TPSA) is 50.9 Å². The Morgan fingerprint density at radius 2 is 1.83 bits per heavy atom. The monoisotopic (exact) mass is 319 g/mol. The molecule has 0 aliphatic rings. The molecule has 4 aromatic rings. The van der Waals surface area contributed by atoms with E-state index in [1.54, 1.807) is 47.6 Å². The van der Waals surface area contributed by atoms with Crippen molar-refractivity contribution in [1.29, 1.82) is 0 Å². The smallest absolute Gasteiger partial charge is 0.201 e. The van der Waals surface area contributed by atoms with Gasteiger partial charge in [0.05, 0.1) is 17.4 Å². The van der Waals surface area contributed by atoms with Crippen LogP contribution in [-0.2, 0) is 6.54 Å². The number of rotatable bonds is 3. The average molecular weight is 319 g/mol. The number of hydrogen-bond donors (Lipinski definition) is 1. The van der Waals surface area contributed by atoms with Crippen LogP contribution < -0.4 is 0 Å². The largest absolute Gasteiger partial charge is 0.494 e. The third-order valence-corrected chi connectivity index (χ3v) is 4.04. The van der Waals surface area contributed by atoms with Crippen molar-refractivity contribution in [2.45, 2.75) is 6.54 Å². The number of benzene rings is 1. The Balaban J connectivity index is 1.68. The van der Waals surface area contributed by atoms with Crippen molar-refractivity contribution in [3.8, 4) is 17.0 Å². The summed E-state index contributed by atoms with van der Waals surface area (Å²) in [5, 5.41) is 10.9. The van der Waals surface area contributed by atoms with Crippen LogP contribution in [0.25, 0.3) is 22.0 Å². The molecule has 4 nitrogen and oxygen atoms in total. The molecule has 0 aliphatic carbocycles. The molecule has 1 aromatic carbocycles. The number of aromatic hydroxyl groups is 1. The molecule has 1 N–H and O–H groups in total. The lowest BCUT2D eigenvalue weighted by molar-refractivity contribution is 0.428. The molecule has 0 aliphatic heterocycles. The van der Waals surface area contributed by atoms with Crippen LogP contribution in [0.15, 0.2) is 67.3 Å². The minimum Gasteiger partial charge on any atom is -0.494 e. The van der Waals surface area contributed by atoms with E-state index in [0.29, 0.717) is 16.5 Å². The minimum absolute atomic E-state index is 0.0933. The highest BCUT2D eigenvalue weighted by atomic mass is 19.1. The van der Waals surface area contributed by atoms with E-state index in [2.05, 4.69) is 9.97 Å². The fourth-order valence-corrected chi connectivity index (χ4v) is 2.78. The number of aromatic nitrogens is 3. The van der Waals surface area contributed by atoms with Crippen molar-refractivity contribution in [2.24, 2.45) is 0 Å². The third kappa shape index (κ3) is 2.50. The molecular formula is C19H14FN3O. The molecule has 0 amide bonds. The second kappa shape index (κ2) is 5.77. The Kier molecular flexibility index (Phi) is 3.46. The van der Waals surface area contributed by atoms with Crippen molar-refractivity contribution < 1.29 is 9.50 Å². The van der Waals surface area contributed by atoms with Gasteiger partial charge in [0.2, 0.25) is 5.88 Å². The van der Waals surface area contributed by atoms with E-state index >= 15 is 0 Å². The Hall–Kier alpha value is -3.21. The third-order valence-electron chi connectivity index (χ3n) is 4.04. The molecule has 0 saturated carbocycles. The number of fused-ring (bicyclic) bond motifs is 1. The molecule has 3 heterocycles. The molecule has 0 spiro atoms. The first-order chi connectivity index (χ1) is 11.7. The van der Waals surface area contributed by atoms with Gasteiger partial charge in [0.15, 0.2) is 0 Å². The maximum atomic E-state index is 14.5. The van der Waals surface area contributed by atoms with Gasteiger partial charge in [-0.25, -0.2) is 4.39 Å². The lowest BCUT2D eigenvalue weighted by Crippen LogP contribution is -2.00. The second-order valence-electron chi connectivity index (χ2n) is 5.56. The van der Waals surface area contributed by atoms with Crippen LogP contribution in [0.5, 0.6) is 5.88 Å². The van der Waals surface area contributed by atoms with Crippen molar-refractivity contribution in [2.75, 3.05) is 0 Å². The summed E-state index contributed by atoms with van der Waals surface area (Å²) < 4.78 is 16.1. The zero-order chi connectivity index (χ0) is 16.5. The highest BCUT2D eigenvalue weighted by molar-refractivity contribution is 5.84. The van der Waals surface area contributed by atoms with E-state index in [1.807, 2.05) is 18.2 Å². The van der Waals surface area contributed by atoms with Gasteiger partial charge in [-0.2, -0.15) is 0 Å². The summed E-state index contributed by atoms with van der Waals surface area (Å²) in [6.45, 7) is 0.241. The average Bonchev–Trinajstić information content (AvgIpc) is 2.94. The first-order valence-electron chi connectivity index (χ1n) is 7.54. The maximum absolute atomic E-state index is 14.5. The number of hydrogen-bond acceptors (Lipinski definition) is 3. The van der Waals surface area contributed by atoms with E-state index in [4.69, 9.17) is 0 Å². The predicted molar refractivity (Wildman–Crippen MR) is 90.1 cm³/mol. The molecule has 4 rings (SSSR count). The first kappa shape index (κ1) is 14.4. The van der Waals surface area contributed by atoms with Crippen LogP contribution in [0.2, 0.25) is 0 Å². The normalized spacial score (nSPS) is 11.0. The molecule has 118 valence electrons. The number of pyridine rings is 2. The maximum Gasteiger partial charge on any atom is 0.201 e. The molecule has 0 bridgehead atoms. The van der Waals surface area contributed by atoms with Crippen molar-refractivity contribution in [1.82, 2.24) is 14.5 Å². The summed E-state index contributed by atoms with van der Waals surface area (Å²) in [6.07, 6.45) is 6.74. The summed E-state index contributed by atoms with van der Waals surface area (Å²) >= 11 is 0. The molecule has 0 atom stereocenters. The first-order valence-corrected chi connectivity index (χ1v) is 7.54. The fraction of sp³-hybridized carbons (Fsp3) is 0.0526. The van der Waals surface area contributed by atoms with Gasteiger partial charge in [-0.05, 0) is 41.5 Å². The summed E-state index contributed by atoms with van der Waals surface area (Å²) in [4.78, 5) is 8.17. The SMILES string of the molecule is Oc1c2cccnc2cn1Cc1ccc(-c2ccncc2)cc1F. The number of halogens is 1. The van der Waals surface area contributed by atoms with E-state index < -0.39 is 0 Å². The van der Waals surface area contributed by atoms with Gasteiger partial charge < -0.3 is 9.67 Å². The highest BCUT2D eigenvalue weighted by Gasteiger charge is 2.11. The van der Waals surface area contributed by atoms with Gasteiger partial charge in [0, 0.05) is 30.4 Å². The molecule has 0 radical (unpaired) electrons. The summed E-state index contributed by atoms with van der Waals surface area (Å²) in [5.74, 6) is -0.217. The van der Waals surface area contributed by atoms with Gasteiger partial charge in [0.25, 0.3) is 0 Å². The zero-order valence-corrected chi connectivity index (χ0v) is 12.7. The lowest BCUT2D eigenvalue weighted by Gasteiger charge is -2.08. The number of nitrogens with zero attached hydrogens (tertiary/aromatic N) is 3. The lowest BCUT2D eigenvalue weighted by atomic mass is 10.0. The van der Waals surface area contributed by atoms with Crippen molar-refractivity contribution in [3.63, 3.8) is 0 Å². The summed E-state index contributed by atoms with van der Waals surface area (Å²) in [5.41, 5.74) is 2.89. The van der Waals surface area contributed by atoms with Crippen LogP contribution in [0.1, 0.15) is 5.56 Å². The van der Waals surface area contributed by atoms with Gasteiger partial charge in [-0.1, -0.05) is 12.1 Å². The van der Waals surface area contributed by atoms with Crippen LogP contribution in [0.4, 0.5) is 4.39 Å². The van der Waals surface area contributed by atoms with E-state index in [9.17, 15) is 9.50 Å². The Morgan fingerprint density at radius 1 is 1.00 bits per heavy atom. The van der Waals surface area contributed by atoms with Crippen molar-refractivity contribution in [3.05, 3.63) is 78.6 Å². The Labute approximate surface area is 137 Å². The van der Waals surface area contributed by atoms with Gasteiger partial charge in [-0.3, -0.25) is 9.97 Å². The van der Waals surface area contributed by atoms with Gasteiger partial charge >= 0.3 is 0 Å². The summed E-state index contributed by atoms with van der Waals surface area (Å²) in [6, 6.07) is 12.3. The molecule has 0 unspecified atom stereocenters. The molecule has 0 saturated heterocycles. The molecule has 3 aromatic heterocycles.